The van der Waals surface area contributed by atoms with E-state index in [1.807, 2.05) is 18.2 Å². The van der Waals surface area contributed by atoms with Crippen molar-refractivity contribution in [3.8, 4) is 5.75 Å². The van der Waals surface area contributed by atoms with E-state index in [2.05, 4.69) is 15.8 Å². The lowest BCUT2D eigenvalue weighted by Gasteiger charge is -2.10. The van der Waals surface area contributed by atoms with Gasteiger partial charge in [-0.2, -0.15) is 5.10 Å². The number of methoxy groups -OCH3 is 1. The lowest BCUT2D eigenvalue weighted by Crippen LogP contribution is -2.21. The molecule has 0 aliphatic carbocycles. The number of halogens is 1. The highest BCUT2D eigenvalue weighted by molar-refractivity contribution is 6.30. The maximum Gasteiger partial charge on any atom is 0.273 e. The summed E-state index contributed by atoms with van der Waals surface area (Å²) >= 11 is 5.85. The van der Waals surface area contributed by atoms with Gasteiger partial charge in [0.2, 0.25) is 0 Å². The van der Waals surface area contributed by atoms with E-state index in [0.717, 1.165) is 5.56 Å². The first-order chi connectivity index (χ1) is 14.1. The van der Waals surface area contributed by atoms with Gasteiger partial charge in [0.05, 0.1) is 24.6 Å². The average molecular weight is 408 g/mol. The van der Waals surface area contributed by atoms with Crippen molar-refractivity contribution in [2.24, 2.45) is 5.10 Å². The van der Waals surface area contributed by atoms with Crippen molar-refractivity contribution in [3.63, 3.8) is 0 Å². The van der Waals surface area contributed by atoms with Crippen molar-refractivity contribution in [1.29, 1.82) is 0 Å². The number of rotatable bonds is 6. The number of para-hydroxylation sites is 2. The monoisotopic (exact) mass is 407 g/mol. The highest BCUT2D eigenvalue weighted by atomic mass is 35.5. The number of carbonyl (C=O) groups excluding carboxylic acids is 2. The minimum absolute atomic E-state index is 0.284. The van der Waals surface area contributed by atoms with Crippen molar-refractivity contribution in [2.45, 2.75) is 0 Å². The van der Waals surface area contributed by atoms with Gasteiger partial charge in [-0.25, -0.2) is 5.43 Å². The normalized spacial score (nSPS) is 10.6. The van der Waals surface area contributed by atoms with Crippen LogP contribution in [0.15, 0.2) is 77.9 Å². The molecule has 146 valence electrons. The average Bonchev–Trinajstić information content (AvgIpc) is 2.74. The molecule has 0 aliphatic rings. The van der Waals surface area contributed by atoms with Crippen LogP contribution in [0, 0.1) is 0 Å². The van der Waals surface area contributed by atoms with Crippen molar-refractivity contribution in [3.05, 3.63) is 94.5 Å². The van der Waals surface area contributed by atoms with E-state index in [1.165, 1.54) is 6.21 Å². The summed E-state index contributed by atoms with van der Waals surface area (Å²) in [5.74, 6) is -0.163. The topological polar surface area (TPSA) is 79.8 Å². The zero-order valence-electron chi connectivity index (χ0n) is 15.6. The zero-order chi connectivity index (χ0) is 20.6. The fourth-order valence-corrected chi connectivity index (χ4v) is 2.71. The standard InChI is InChI=1S/C22H18ClN3O3/c1-29-20-9-5-2-6-16(20)14-24-26-22(28)18-7-3-4-8-19(18)25-21(27)15-10-12-17(23)13-11-15/h2-14H,1H3,(H,25,27)(H,26,28). The summed E-state index contributed by atoms with van der Waals surface area (Å²) in [4.78, 5) is 25.0. The molecule has 3 aromatic carbocycles. The largest absolute Gasteiger partial charge is 0.496 e. The molecule has 0 radical (unpaired) electrons. The van der Waals surface area contributed by atoms with Gasteiger partial charge >= 0.3 is 0 Å². The van der Waals surface area contributed by atoms with Gasteiger partial charge < -0.3 is 10.1 Å². The van der Waals surface area contributed by atoms with Crippen LogP contribution in [0.25, 0.3) is 0 Å². The van der Waals surface area contributed by atoms with Crippen molar-refractivity contribution in [1.82, 2.24) is 5.43 Å². The van der Waals surface area contributed by atoms with Gasteiger partial charge in [0.15, 0.2) is 0 Å². The summed E-state index contributed by atoms with van der Waals surface area (Å²) in [7, 11) is 1.56. The maximum absolute atomic E-state index is 12.5. The molecule has 0 spiro atoms. The summed E-state index contributed by atoms with van der Waals surface area (Å²) in [5, 5.41) is 7.26. The van der Waals surface area contributed by atoms with Gasteiger partial charge in [-0.1, -0.05) is 35.9 Å². The third-order valence-electron chi connectivity index (χ3n) is 4.03. The first kappa shape index (κ1) is 20.1. The number of hydrogen-bond acceptors (Lipinski definition) is 4. The number of carbonyl (C=O) groups is 2. The van der Waals surface area contributed by atoms with Gasteiger partial charge in [-0.05, 0) is 48.5 Å². The van der Waals surface area contributed by atoms with E-state index in [1.54, 1.807) is 61.7 Å². The Morgan fingerprint density at radius 2 is 1.62 bits per heavy atom. The lowest BCUT2D eigenvalue weighted by atomic mass is 10.1. The van der Waals surface area contributed by atoms with E-state index in [0.29, 0.717) is 22.0 Å². The van der Waals surface area contributed by atoms with Crippen molar-refractivity contribution in [2.75, 3.05) is 12.4 Å². The second-order valence-electron chi connectivity index (χ2n) is 5.95. The molecule has 29 heavy (non-hydrogen) atoms. The molecular formula is C22H18ClN3O3. The molecule has 0 fully saturated rings. The minimum atomic E-state index is -0.455. The number of hydrogen-bond donors (Lipinski definition) is 2. The number of hydrazone groups is 1. The van der Waals surface area contributed by atoms with Crippen LogP contribution in [0.3, 0.4) is 0 Å². The smallest absolute Gasteiger partial charge is 0.273 e. The number of benzene rings is 3. The van der Waals surface area contributed by atoms with Crippen molar-refractivity contribution >= 4 is 35.3 Å². The first-order valence-corrected chi connectivity index (χ1v) is 9.08. The van der Waals surface area contributed by atoms with Crippen LogP contribution >= 0.6 is 11.6 Å². The molecule has 0 saturated carbocycles. The zero-order valence-corrected chi connectivity index (χ0v) is 16.3. The fourth-order valence-electron chi connectivity index (χ4n) is 2.58. The molecule has 0 heterocycles. The number of anilines is 1. The van der Waals surface area contributed by atoms with E-state index in [4.69, 9.17) is 16.3 Å². The maximum atomic E-state index is 12.5. The van der Waals surface area contributed by atoms with Gasteiger partial charge in [0.1, 0.15) is 5.75 Å². The Hall–Kier alpha value is -3.64. The van der Waals surface area contributed by atoms with E-state index in [-0.39, 0.29) is 11.5 Å². The summed E-state index contributed by atoms with van der Waals surface area (Å²) in [6, 6.07) is 20.4. The van der Waals surface area contributed by atoms with Crippen LogP contribution in [0.4, 0.5) is 5.69 Å². The molecule has 2 N–H and O–H groups in total. The molecule has 7 heteroatoms. The molecule has 0 saturated heterocycles. The predicted octanol–water partition coefficient (Wildman–Crippen LogP) is 4.36. The molecular weight excluding hydrogens is 390 g/mol. The van der Waals surface area contributed by atoms with Crippen LogP contribution in [-0.4, -0.2) is 25.1 Å². The summed E-state index contributed by atoms with van der Waals surface area (Å²) < 4.78 is 5.24. The highest BCUT2D eigenvalue weighted by Gasteiger charge is 2.13. The molecule has 0 atom stereocenters. The third kappa shape index (κ3) is 5.21. The summed E-state index contributed by atoms with van der Waals surface area (Å²) in [6.07, 6.45) is 1.49. The van der Waals surface area contributed by atoms with E-state index < -0.39 is 5.91 Å². The second kappa shape index (κ2) is 9.52. The molecule has 2 amide bonds. The predicted molar refractivity (Wildman–Crippen MR) is 114 cm³/mol. The van der Waals surface area contributed by atoms with Crippen molar-refractivity contribution < 1.29 is 14.3 Å². The van der Waals surface area contributed by atoms with Crippen LogP contribution in [0.5, 0.6) is 5.75 Å². The molecule has 3 rings (SSSR count). The quantitative estimate of drug-likeness (QED) is 0.470. The second-order valence-corrected chi connectivity index (χ2v) is 6.38. The minimum Gasteiger partial charge on any atom is -0.496 e. The van der Waals surface area contributed by atoms with Crippen LogP contribution in [0.1, 0.15) is 26.3 Å². The highest BCUT2D eigenvalue weighted by Crippen LogP contribution is 2.18. The number of nitrogens with zero attached hydrogens (tertiary/aromatic N) is 1. The number of amides is 2. The van der Waals surface area contributed by atoms with E-state index >= 15 is 0 Å². The van der Waals surface area contributed by atoms with E-state index in [9.17, 15) is 9.59 Å². The molecule has 0 aliphatic heterocycles. The molecule has 0 aromatic heterocycles. The number of nitrogens with one attached hydrogen (secondary N) is 2. The SMILES string of the molecule is COc1ccccc1C=NNC(=O)c1ccccc1NC(=O)c1ccc(Cl)cc1. The van der Waals surface area contributed by atoms with Gasteiger partial charge in [-0.15, -0.1) is 0 Å². The van der Waals surface area contributed by atoms with Crippen LogP contribution < -0.4 is 15.5 Å². The summed E-state index contributed by atoms with van der Waals surface area (Å²) in [5.41, 5.74) is 4.27. The van der Waals surface area contributed by atoms with Crippen LogP contribution in [-0.2, 0) is 0 Å². The first-order valence-electron chi connectivity index (χ1n) is 8.71. The Kier molecular flexibility index (Phi) is 6.60. The van der Waals surface area contributed by atoms with Gasteiger partial charge in [-0.3, -0.25) is 9.59 Å². The molecule has 0 bridgehead atoms. The van der Waals surface area contributed by atoms with Crippen LogP contribution in [0.2, 0.25) is 5.02 Å². The lowest BCUT2D eigenvalue weighted by molar-refractivity contribution is 0.0956. The Labute approximate surface area is 173 Å². The Bertz CT molecular complexity index is 1050. The fraction of sp³-hybridized carbons (Fsp3) is 0.0455. The molecule has 3 aromatic rings. The molecule has 6 nitrogen and oxygen atoms in total. The number of ether oxygens (including phenoxy) is 1. The third-order valence-corrected chi connectivity index (χ3v) is 4.29. The van der Waals surface area contributed by atoms with Gasteiger partial charge in [0, 0.05) is 16.1 Å². The molecule has 0 unspecified atom stereocenters. The Morgan fingerprint density at radius 3 is 2.38 bits per heavy atom. The summed E-state index contributed by atoms with van der Waals surface area (Å²) in [6.45, 7) is 0. The van der Waals surface area contributed by atoms with Gasteiger partial charge in [0.25, 0.3) is 11.8 Å². The Morgan fingerprint density at radius 1 is 0.931 bits per heavy atom. The Balaban J connectivity index is 1.72.